The van der Waals surface area contributed by atoms with Gasteiger partial charge in [0.15, 0.2) is 0 Å². The fraction of sp³-hybridized carbons (Fsp3) is 0.467. The lowest BCUT2D eigenvalue weighted by molar-refractivity contribution is -0.120. The number of hydrogen-bond acceptors (Lipinski definition) is 3. The van der Waals surface area contributed by atoms with Crippen molar-refractivity contribution in [2.24, 2.45) is 5.92 Å². The van der Waals surface area contributed by atoms with Crippen molar-refractivity contribution in [3.8, 4) is 5.75 Å². The second-order valence-electron chi connectivity index (χ2n) is 4.94. The number of hydrogen-bond donors (Lipinski definition) is 2. The van der Waals surface area contributed by atoms with Crippen LogP contribution >= 0.6 is 0 Å². The molecule has 0 saturated heterocycles. The summed E-state index contributed by atoms with van der Waals surface area (Å²) in [5, 5.41) is 11.9. The molecule has 1 rings (SSSR count). The highest BCUT2D eigenvalue weighted by Gasteiger charge is 2.13. The zero-order valence-corrected chi connectivity index (χ0v) is 12.1. The SMILES string of the molecule is CCOc1cc(CC(=O)NCC(C)C)ccc1C(=O)O. The van der Waals surface area contributed by atoms with Crippen molar-refractivity contribution in [2.75, 3.05) is 13.2 Å². The van der Waals surface area contributed by atoms with Gasteiger partial charge in [-0.1, -0.05) is 19.9 Å². The maximum atomic E-state index is 11.7. The Labute approximate surface area is 118 Å². The molecule has 0 unspecified atom stereocenters. The number of carbonyl (C=O) groups excluding carboxylic acids is 1. The minimum absolute atomic E-state index is 0.0794. The Morgan fingerprint density at radius 1 is 1.35 bits per heavy atom. The Kier molecular flexibility index (Phi) is 6.03. The largest absolute Gasteiger partial charge is 0.493 e. The summed E-state index contributed by atoms with van der Waals surface area (Å²) in [7, 11) is 0. The number of carbonyl (C=O) groups is 2. The number of aromatic carboxylic acids is 1. The van der Waals surface area contributed by atoms with Crippen LogP contribution in [-0.4, -0.2) is 30.1 Å². The third kappa shape index (κ3) is 4.91. The zero-order chi connectivity index (χ0) is 15.1. The highest BCUT2D eigenvalue weighted by molar-refractivity contribution is 5.91. The van der Waals surface area contributed by atoms with E-state index in [0.717, 1.165) is 5.56 Å². The number of nitrogens with one attached hydrogen (secondary N) is 1. The quantitative estimate of drug-likeness (QED) is 0.801. The molecule has 1 aromatic rings. The summed E-state index contributed by atoms with van der Waals surface area (Å²) in [5.41, 5.74) is 0.845. The van der Waals surface area contributed by atoms with E-state index in [4.69, 9.17) is 9.84 Å². The van der Waals surface area contributed by atoms with Gasteiger partial charge in [-0.2, -0.15) is 0 Å². The molecule has 1 aromatic carbocycles. The molecule has 0 bridgehead atoms. The molecular weight excluding hydrogens is 258 g/mol. The first-order valence-electron chi connectivity index (χ1n) is 6.69. The Morgan fingerprint density at radius 2 is 2.05 bits per heavy atom. The molecule has 0 saturated carbocycles. The highest BCUT2D eigenvalue weighted by atomic mass is 16.5. The summed E-state index contributed by atoms with van der Waals surface area (Å²) >= 11 is 0. The predicted molar refractivity (Wildman–Crippen MR) is 76.1 cm³/mol. The van der Waals surface area contributed by atoms with Gasteiger partial charge < -0.3 is 15.2 Å². The van der Waals surface area contributed by atoms with E-state index >= 15 is 0 Å². The minimum Gasteiger partial charge on any atom is -0.493 e. The number of benzene rings is 1. The summed E-state index contributed by atoms with van der Waals surface area (Å²) < 4.78 is 5.31. The molecule has 2 N–H and O–H groups in total. The lowest BCUT2D eigenvalue weighted by Crippen LogP contribution is -2.28. The van der Waals surface area contributed by atoms with Crippen molar-refractivity contribution < 1.29 is 19.4 Å². The maximum absolute atomic E-state index is 11.7. The first-order chi connectivity index (χ1) is 9.43. The Balaban J connectivity index is 2.78. The van der Waals surface area contributed by atoms with Crippen LogP contribution in [0.5, 0.6) is 5.75 Å². The molecule has 5 nitrogen and oxygen atoms in total. The lowest BCUT2D eigenvalue weighted by atomic mass is 10.1. The first kappa shape index (κ1) is 16.0. The van der Waals surface area contributed by atoms with Gasteiger partial charge in [0.2, 0.25) is 5.91 Å². The van der Waals surface area contributed by atoms with Gasteiger partial charge in [0.05, 0.1) is 13.0 Å². The molecule has 20 heavy (non-hydrogen) atoms. The van der Waals surface area contributed by atoms with Crippen LogP contribution in [0, 0.1) is 5.92 Å². The van der Waals surface area contributed by atoms with Gasteiger partial charge in [-0.3, -0.25) is 4.79 Å². The molecule has 0 atom stereocenters. The molecule has 0 spiro atoms. The molecule has 0 aromatic heterocycles. The average Bonchev–Trinajstić information content (AvgIpc) is 2.36. The summed E-state index contributed by atoms with van der Waals surface area (Å²) in [4.78, 5) is 22.8. The molecule has 5 heteroatoms. The monoisotopic (exact) mass is 279 g/mol. The molecule has 0 radical (unpaired) electrons. The molecular formula is C15H21NO4. The average molecular weight is 279 g/mol. The predicted octanol–water partition coefficient (Wildman–Crippen LogP) is 2.10. The van der Waals surface area contributed by atoms with Gasteiger partial charge in [-0.15, -0.1) is 0 Å². The third-order valence-electron chi connectivity index (χ3n) is 2.65. The summed E-state index contributed by atoms with van der Waals surface area (Å²) in [6.45, 7) is 6.84. The summed E-state index contributed by atoms with van der Waals surface area (Å²) in [5.74, 6) is -0.421. The van der Waals surface area contributed by atoms with Crippen LogP contribution in [0.4, 0.5) is 0 Å². The van der Waals surface area contributed by atoms with Crippen LogP contribution in [0.1, 0.15) is 36.7 Å². The topological polar surface area (TPSA) is 75.6 Å². The van der Waals surface area contributed by atoms with Gasteiger partial charge in [0.25, 0.3) is 0 Å². The van der Waals surface area contributed by atoms with Crippen molar-refractivity contribution in [1.82, 2.24) is 5.32 Å². The maximum Gasteiger partial charge on any atom is 0.339 e. The third-order valence-corrected chi connectivity index (χ3v) is 2.65. The fourth-order valence-electron chi connectivity index (χ4n) is 1.69. The molecule has 0 fully saturated rings. The van der Waals surface area contributed by atoms with Crippen LogP contribution in [0.3, 0.4) is 0 Å². The first-order valence-corrected chi connectivity index (χ1v) is 6.69. The summed E-state index contributed by atoms with van der Waals surface area (Å²) in [6.07, 6.45) is 0.215. The van der Waals surface area contributed by atoms with E-state index in [0.29, 0.717) is 24.8 Å². The van der Waals surface area contributed by atoms with E-state index < -0.39 is 5.97 Å². The van der Waals surface area contributed by atoms with E-state index in [1.165, 1.54) is 6.07 Å². The molecule has 110 valence electrons. The van der Waals surface area contributed by atoms with Gasteiger partial charge in [-0.25, -0.2) is 4.79 Å². The molecule has 0 aliphatic carbocycles. The number of carboxylic acids is 1. The molecule has 0 aliphatic rings. The van der Waals surface area contributed by atoms with E-state index in [1.807, 2.05) is 13.8 Å². The van der Waals surface area contributed by atoms with Gasteiger partial charge in [0, 0.05) is 6.54 Å². The van der Waals surface area contributed by atoms with Crippen molar-refractivity contribution in [2.45, 2.75) is 27.2 Å². The van der Waals surface area contributed by atoms with E-state index in [2.05, 4.69) is 5.32 Å². The Hall–Kier alpha value is -2.04. The molecule has 0 heterocycles. The van der Waals surface area contributed by atoms with Crippen LogP contribution in [-0.2, 0) is 11.2 Å². The van der Waals surface area contributed by atoms with Crippen molar-refractivity contribution in [1.29, 1.82) is 0 Å². The van der Waals surface area contributed by atoms with E-state index in [1.54, 1.807) is 19.1 Å². The molecule has 1 amide bonds. The van der Waals surface area contributed by atoms with Crippen LogP contribution in [0.25, 0.3) is 0 Å². The Morgan fingerprint density at radius 3 is 2.60 bits per heavy atom. The van der Waals surface area contributed by atoms with E-state index in [-0.39, 0.29) is 17.9 Å². The van der Waals surface area contributed by atoms with Crippen LogP contribution in [0.2, 0.25) is 0 Å². The van der Waals surface area contributed by atoms with E-state index in [9.17, 15) is 9.59 Å². The standard InChI is InChI=1S/C15H21NO4/c1-4-20-13-7-11(5-6-12(13)15(18)19)8-14(17)16-9-10(2)3/h5-7,10H,4,8-9H2,1-3H3,(H,16,17)(H,18,19). The smallest absolute Gasteiger partial charge is 0.339 e. The highest BCUT2D eigenvalue weighted by Crippen LogP contribution is 2.21. The second-order valence-corrected chi connectivity index (χ2v) is 4.94. The van der Waals surface area contributed by atoms with Crippen molar-refractivity contribution >= 4 is 11.9 Å². The normalized spacial score (nSPS) is 10.4. The minimum atomic E-state index is -1.04. The van der Waals surface area contributed by atoms with Gasteiger partial charge >= 0.3 is 5.97 Å². The molecule has 0 aliphatic heterocycles. The number of carboxylic acid groups (broad SMARTS) is 1. The van der Waals surface area contributed by atoms with Crippen molar-refractivity contribution in [3.63, 3.8) is 0 Å². The summed E-state index contributed by atoms with van der Waals surface area (Å²) in [6, 6.07) is 4.72. The number of ether oxygens (including phenoxy) is 1. The van der Waals surface area contributed by atoms with Gasteiger partial charge in [0.1, 0.15) is 11.3 Å². The van der Waals surface area contributed by atoms with Crippen LogP contribution in [0.15, 0.2) is 18.2 Å². The Bertz CT molecular complexity index is 483. The zero-order valence-electron chi connectivity index (χ0n) is 12.1. The number of rotatable bonds is 7. The van der Waals surface area contributed by atoms with Crippen LogP contribution < -0.4 is 10.1 Å². The lowest BCUT2D eigenvalue weighted by Gasteiger charge is -2.10. The van der Waals surface area contributed by atoms with Crippen molar-refractivity contribution in [3.05, 3.63) is 29.3 Å². The number of amides is 1. The second kappa shape index (κ2) is 7.53. The van der Waals surface area contributed by atoms with Gasteiger partial charge in [-0.05, 0) is 30.5 Å². The fourth-order valence-corrected chi connectivity index (χ4v) is 1.69.